The minimum Gasteiger partial charge on any atom is -0.358 e. The lowest BCUT2D eigenvalue weighted by Gasteiger charge is -2.07. The van der Waals surface area contributed by atoms with Crippen molar-refractivity contribution in [3.8, 4) is 6.07 Å². The summed E-state index contributed by atoms with van der Waals surface area (Å²) in [5.41, 5.74) is 1.33. The molecule has 1 aromatic heterocycles. The fraction of sp³-hybridized carbons (Fsp3) is 0.333. The molecule has 0 atom stereocenters. The van der Waals surface area contributed by atoms with Crippen LogP contribution in [-0.4, -0.2) is 29.5 Å². The predicted molar refractivity (Wildman–Crippen MR) is 68.5 cm³/mol. The van der Waals surface area contributed by atoms with Gasteiger partial charge in [-0.15, -0.1) is 0 Å². The van der Waals surface area contributed by atoms with E-state index in [1.165, 1.54) is 24.8 Å². The first kappa shape index (κ1) is 14.2. The summed E-state index contributed by atoms with van der Waals surface area (Å²) >= 11 is 1.18. The van der Waals surface area contributed by atoms with Gasteiger partial charge < -0.3 is 5.32 Å². The van der Waals surface area contributed by atoms with Crippen molar-refractivity contribution in [3.63, 3.8) is 0 Å². The van der Waals surface area contributed by atoms with Crippen LogP contribution in [0.1, 0.15) is 28.5 Å². The van der Waals surface area contributed by atoms with Crippen LogP contribution in [-0.2, 0) is 4.79 Å². The maximum absolute atomic E-state index is 11.3. The number of Topliss-reactive ketones (excluding diaryl/α,β-unsaturated/α-hetero) is 1. The van der Waals surface area contributed by atoms with Gasteiger partial charge in [-0.2, -0.15) is 5.26 Å². The first-order valence-corrected chi connectivity index (χ1v) is 6.24. The molecule has 0 aliphatic rings. The van der Waals surface area contributed by atoms with E-state index < -0.39 is 0 Å². The SMILES string of the molecule is CNC(=O)CSc1nc(C)c(C(C)=O)cc1C#N. The molecule has 1 rings (SSSR count). The maximum Gasteiger partial charge on any atom is 0.230 e. The standard InChI is InChI=1S/C12H13N3O2S/c1-7-10(8(2)16)4-9(5-13)12(15-7)18-6-11(17)14-3/h4H,6H2,1-3H3,(H,14,17). The molecule has 0 unspecified atom stereocenters. The highest BCUT2D eigenvalue weighted by Crippen LogP contribution is 2.22. The summed E-state index contributed by atoms with van der Waals surface area (Å²) in [7, 11) is 1.55. The Kier molecular flexibility index (Phi) is 4.86. The van der Waals surface area contributed by atoms with Crippen LogP contribution in [0.15, 0.2) is 11.1 Å². The first-order valence-electron chi connectivity index (χ1n) is 5.25. The van der Waals surface area contributed by atoms with Gasteiger partial charge in [-0.3, -0.25) is 9.59 Å². The van der Waals surface area contributed by atoms with E-state index in [0.29, 0.717) is 21.8 Å². The Bertz CT molecular complexity index is 535. The summed E-state index contributed by atoms with van der Waals surface area (Å²) in [6.45, 7) is 3.14. The molecule has 5 nitrogen and oxygen atoms in total. The number of hydrogen-bond donors (Lipinski definition) is 1. The van der Waals surface area contributed by atoms with Crippen molar-refractivity contribution >= 4 is 23.5 Å². The third-order valence-corrected chi connectivity index (χ3v) is 3.29. The third kappa shape index (κ3) is 3.31. The molecule has 6 heteroatoms. The summed E-state index contributed by atoms with van der Waals surface area (Å²) in [4.78, 5) is 26.7. The second kappa shape index (κ2) is 6.17. The minimum absolute atomic E-state index is 0.126. The zero-order valence-electron chi connectivity index (χ0n) is 10.4. The molecule has 0 spiro atoms. The van der Waals surface area contributed by atoms with E-state index in [0.717, 1.165) is 0 Å². The number of nitriles is 1. The van der Waals surface area contributed by atoms with Crippen molar-refractivity contribution in [2.75, 3.05) is 12.8 Å². The van der Waals surface area contributed by atoms with Gasteiger partial charge in [0.25, 0.3) is 0 Å². The van der Waals surface area contributed by atoms with Gasteiger partial charge in [0.15, 0.2) is 5.78 Å². The Balaban J connectivity index is 3.06. The molecule has 1 aromatic rings. The maximum atomic E-state index is 11.3. The molecule has 0 bridgehead atoms. The van der Waals surface area contributed by atoms with Crippen LogP contribution in [0.4, 0.5) is 0 Å². The normalized spacial score (nSPS) is 9.67. The summed E-state index contributed by atoms with van der Waals surface area (Å²) in [5, 5.41) is 12.0. The largest absolute Gasteiger partial charge is 0.358 e. The molecule has 1 heterocycles. The lowest BCUT2D eigenvalue weighted by molar-refractivity contribution is -0.118. The van der Waals surface area contributed by atoms with Crippen molar-refractivity contribution in [1.82, 2.24) is 10.3 Å². The van der Waals surface area contributed by atoms with Gasteiger partial charge in [0.05, 0.1) is 11.3 Å². The van der Waals surface area contributed by atoms with E-state index in [1.807, 2.05) is 6.07 Å². The molecule has 0 saturated carbocycles. The smallest absolute Gasteiger partial charge is 0.230 e. The van der Waals surface area contributed by atoms with Crippen LogP contribution in [0.5, 0.6) is 0 Å². The van der Waals surface area contributed by atoms with Crippen LogP contribution in [0.25, 0.3) is 0 Å². The molecule has 0 aliphatic carbocycles. The Morgan fingerprint density at radius 1 is 1.56 bits per heavy atom. The van der Waals surface area contributed by atoms with E-state index >= 15 is 0 Å². The zero-order chi connectivity index (χ0) is 13.7. The van der Waals surface area contributed by atoms with Crippen LogP contribution in [0, 0.1) is 18.3 Å². The van der Waals surface area contributed by atoms with Crippen LogP contribution in [0.2, 0.25) is 0 Å². The monoisotopic (exact) mass is 263 g/mol. The van der Waals surface area contributed by atoms with Crippen molar-refractivity contribution in [2.24, 2.45) is 0 Å². The lowest BCUT2D eigenvalue weighted by atomic mass is 10.1. The lowest BCUT2D eigenvalue weighted by Crippen LogP contribution is -2.20. The quantitative estimate of drug-likeness (QED) is 0.654. The number of amides is 1. The molecule has 0 saturated heterocycles. The number of thioether (sulfide) groups is 1. The molecule has 1 amide bonds. The Labute approximate surface area is 110 Å². The van der Waals surface area contributed by atoms with Crippen LogP contribution >= 0.6 is 11.8 Å². The third-order valence-electron chi connectivity index (χ3n) is 2.30. The predicted octanol–water partition coefficient (Wildman–Crippen LogP) is 1.30. The average Bonchev–Trinajstić information content (AvgIpc) is 2.35. The number of nitrogens with one attached hydrogen (secondary N) is 1. The average molecular weight is 263 g/mol. The summed E-state index contributed by atoms with van der Waals surface area (Å²) in [5.74, 6) is -0.0739. The molecule has 1 N–H and O–H groups in total. The number of aryl methyl sites for hydroxylation is 1. The molecular weight excluding hydrogens is 250 g/mol. The number of rotatable bonds is 4. The summed E-state index contributed by atoms with van der Waals surface area (Å²) in [6, 6.07) is 3.52. The molecular formula is C12H13N3O2S. The summed E-state index contributed by atoms with van der Waals surface area (Å²) in [6.07, 6.45) is 0. The van der Waals surface area contributed by atoms with E-state index in [4.69, 9.17) is 5.26 Å². The molecule has 18 heavy (non-hydrogen) atoms. The highest BCUT2D eigenvalue weighted by molar-refractivity contribution is 8.00. The van der Waals surface area contributed by atoms with Gasteiger partial charge in [0, 0.05) is 18.3 Å². The number of nitrogens with zero attached hydrogens (tertiary/aromatic N) is 2. The van der Waals surface area contributed by atoms with E-state index in [1.54, 1.807) is 14.0 Å². The van der Waals surface area contributed by atoms with Gasteiger partial charge in [0.1, 0.15) is 11.1 Å². The zero-order valence-corrected chi connectivity index (χ0v) is 11.2. The topological polar surface area (TPSA) is 82.8 Å². The number of ketones is 1. The van der Waals surface area contributed by atoms with Crippen molar-refractivity contribution < 1.29 is 9.59 Å². The Morgan fingerprint density at radius 3 is 2.72 bits per heavy atom. The number of carbonyl (C=O) groups is 2. The van der Waals surface area contributed by atoms with Gasteiger partial charge in [-0.1, -0.05) is 11.8 Å². The molecule has 0 fully saturated rings. The summed E-state index contributed by atoms with van der Waals surface area (Å²) < 4.78 is 0. The van der Waals surface area contributed by atoms with Crippen molar-refractivity contribution in [3.05, 3.63) is 22.9 Å². The van der Waals surface area contributed by atoms with Crippen LogP contribution in [0.3, 0.4) is 0 Å². The highest BCUT2D eigenvalue weighted by Gasteiger charge is 2.13. The van der Waals surface area contributed by atoms with Gasteiger partial charge >= 0.3 is 0 Å². The Hall–Kier alpha value is -1.87. The van der Waals surface area contributed by atoms with Crippen molar-refractivity contribution in [1.29, 1.82) is 5.26 Å². The van der Waals surface area contributed by atoms with Gasteiger partial charge in [-0.25, -0.2) is 4.98 Å². The fourth-order valence-electron chi connectivity index (χ4n) is 1.34. The second-order valence-electron chi connectivity index (χ2n) is 3.60. The van der Waals surface area contributed by atoms with Gasteiger partial charge in [-0.05, 0) is 19.9 Å². The highest BCUT2D eigenvalue weighted by atomic mass is 32.2. The van der Waals surface area contributed by atoms with Crippen molar-refractivity contribution in [2.45, 2.75) is 18.9 Å². The fourth-order valence-corrected chi connectivity index (χ4v) is 2.21. The first-order chi connectivity index (χ1) is 8.49. The number of pyridine rings is 1. The molecule has 0 aliphatic heterocycles. The van der Waals surface area contributed by atoms with Gasteiger partial charge in [0.2, 0.25) is 5.91 Å². The van der Waals surface area contributed by atoms with Crippen LogP contribution < -0.4 is 5.32 Å². The van der Waals surface area contributed by atoms with E-state index in [-0.39, 0.29) is 17.4 Å². The van der Waals surface area contributed by atoms with E-state index in [9.17, 15) is 9.59 Å². The molecule has 94 valence electrons. The number of hydrogen-bond acceptors (Lipinski definition) is 5. The second-order valence-corrected chi connectivity index (χ2v) is 4.57. The number of carbonyl (C=O) groups excluding carboxylic acids is 2. The number of aromatic nitrogens is 1. The van der Waals surface area contributed by atoms with E-state index in [2.05, 4.69) is 10.3 Å². The Morgan fingerprint density at radius 2 is 2.22 bits per heavy atom. The molecule has 0 aromatic carbocycles. The molecule has 0 radical (unpaired) electrons. The minimum atomic E-state index is -0.140.